The normalized spacial score (nSPS) is 10.8. The van der Waals surface area contributed by atoms with Gasteiger partial charge in [-0.1, -0.05) is 0 Å². The Morgan fingerprint density at radius 2 is 2.17 bits per heavy atom. The molecular weight excluding hydrogens is 227 g/mol. The van der Waals surface area contributed by atoms with E-state index in [1.807, 2.05) is 0 Å². The lowest BCUT2D eigenvalue weighted by Crippen LogP contribution is -1.70. The van der Waals surface area contributed by atoms with Crippen LogP contribution in [0, 0.1) is 5.82 Å². The molecule has 1 N–H and O–H groups in total. The maximum Gasteiger partial charge on any atom is 0.212 e. The number of benzene rings is 1. The molecule has 0 radical (unpaired) electrons. The minimum Gasteiger partial charge on any atom is -0.503 e. The van der Waals surface area contributed by atoms with Gasteiger partial charge in [-0.15, -0.1) is 0 Å². The number of hydrogen-bond acceptors (Lipinski definition) is 2. The summed E-state index contributed by atoms with van der Waals surface area (Å²) in [4.78, 5) is 0. The second-order valence-corrected chi connectivity index (χ2v) is 3.09. The lowest BCUT2D eigenvalue weighted by atomic mass is 10.2. The average molecular weight is 231 g/mol. The molecule has 0 spiro atoms. The van der Waals surface area contributed by atoms with Gasteiger partial charge >= 0.3 is 0 Å². The van der Waals surface area contributed by atoms with E-state index in [-0.39, 0.29) is 10.4 Å². The smallest absolute Gasteiger partial charge is 0.212 e. The highest BCUT2D eigenvalue weighted by atomic mass is 79.9. The van der Waals surface area contributed by atoms with Crippen molar-refractivity contribution in [2.45, 2.75) is 0 Å². The number of furan rings is 1. The Morgan fingerprint density at radius 3 is 2.92 bits per heavy atom. The van der Waals surface area contributed by atoms with E-state index < -0.39 is 5.82 Å². The Morgan fingerprint density at radius 1 is 1.42 bits per heavy atom. The van der Waals surface area contributed by atoms with Crippen molar-refractivity contribution in [3.8, 4) is 5.75 Å². The van der Waals surface area contributed by atoms with Crippen LogP contribution in [0.1, 0.15) is 0 Å². The number of hydrogen-bond donors (Lipinski definition) is 1. The molecule has 0 fully saturated rings. The third-order valence-electron chi connectivity index (χ3n) is 1.58. The molecule has 0 saturated carbocycles. The zero-order chi connectivity index (χ0) is 8.72. The molecular formula is C8H4BrFO2. The summed E-state index contributed by atoms with van der Waals surface area (Å²) in [5.74, 6) is -0.462. The van der Waals surface area contributed by atoms with Gasteiger partial charge in [0.05, 0.1) is 5.39 Å². The van der Waals surface area contributed by atoms with Gasteiger partial charge < -0.3 is 9.52 Å². The van der Waals surface area contributed by atoms with Crippen LogP contribution in [0.25, 0.3) is 11.0 Å². The van der Waals surface area contributed by atoms with Gasteiger partial charge in [0.15, 0.2) is 5.75 Å². The fraction of sp³-hybridized carbons (Fsp3) is 0. The summed E-state index contributed by atoms with van der Waals surface area (Å²) in [6, 6.07) is 3.96. The first-order valence-corrected chi connectivity index (χ1v) is 4.04. The van der Waals surface area contributed by atoms with Gasteiger partial charge in [0.1, 0.15) is 11.4 Å². The topological polar surface area (TPSA) is 33.4 Å². The van der Waals surface area contributed by atoms with Crippen LogP contribution in [0.3, 0.4) is 0 Å². The molecule has 4 heteroatoms. The minimum atomic E-state index is -0.397. The van der Waals surface area contributed by atoms with E-state index in [1.54, 1.807) is 0 Å². The molecule has 0 aliphatic rings. The maximum atomic E-state index is 12.7. The first-order chi connectivity index (χ1) is 5.68. The van der Waals surface area contributed by atoms with Crippen molar-refractivity contribution >= 4 is 26.9 Å². The summed E-state index contributed by atoms with van der Waals surface area (Å²) in [6.45, 7) is 0. The van der Waals surface area contributed by atoms with Crippen LogP contribution < -0.4 is 0 Å². The van der Waals surface area contributed by atoms with Crippen molar-refractivity contribution in [3.05, 3.63) is 28.7 Å². The molecule has 0 bridgehead atoms. The molecule has 2 aromatic rings. The van der Waals surface area contributed by atoms with E-state index in [4.69, 9.17) is 4.42 Å². The molecule has 2 nitrogen and oxygen atoms in total. The summed E-state index contributed by atoms with van der Waals surface area (Å²) in [7, 11) is 0. The summed E-state index contributed by atoms with van der Waals surface area (Å²) in [5, 5.41) is 9.69. The third-order valence-corrected chi connectivity index (χ3v) is 2.12. The van der Waals surface area contributed by atoms with Gasteiger partial charge in [0.25, 0.3) is 0 Å². The third kappa shape index (κ3) is 0.992. The quantitative estimate of drug-likeness (QED) is 0.755. The van der Waals surface area contributed by atoms with E-state index in [2.05, 4.69) is 15.9 Å². The minimum absolute atomic E-state index is 0.0653. The molecule has 12 heavy (non-hydrogen) atoms. The Bertz CT molecular complexity index is 436. The molecule has 0 aliphatic heterocycles. The van der Waals surface area contributed by atoms with E-state index in [0.29, 0.717) is 11.0 Å². The monoisotopic (exact) mass is 230 g/mol. The highest BCUT2D eigenvalue weighted by molar-refractivity contribution is 9.10. The first-order valence-electron chi connectivity index (χ1n) is 3.25. The van der Waals surface area contributed by atoms with Gasteiger partial charge in [0, 0.05) is 0 Å². The Kier molecular flexibility index (Phi) is 1.58. The van der Waals surface area contributed by atoms with E-state index in [1.165, 1.54) is 18.2 Å². The zero-order valence-electron chi connectivity index (χ0n) is 5.84. The average Bonchev–Trinajstić information content (AvgIpc) is 2.31. The second kappa shape index (κ2) is 2.48. The van der Waals surface area contributed by atoms with Crippen molar-refractivity contribution in [1.82, 2.24) is 0 Å². The lowest BCUT2D eigenvalue weighted by Gasteiger charge is -1.87. The van der Waals surface area contributed by atoms with Crippen LogP contribution >= 0.6 is 15.9 Å². The molecule has 0 atom stereocenters. The Labute approximate surface area is 75.7 Å². The van der Waals surface area contributed by atoms with Crippen molar-refractivity contribution in [2.75, 3.05) is 0 Å². The number of rotatable bonds is 0. The summed E-state index contributed by atoms with van der Waals surface area (Å²) in [5.41, 5.74) is 0.459. The number of aromatic hydroxyl groups is 1. The first kappa shape index (κ1) is 7.61. The summed E-state index contributed by atoms with van der Waals surface area (Å²) in [6.07, 6.45) is 0. The fourth-order valence-corrected chi connectivity index (χ4v) is 1.41. The molecule has 62 valence electrons. The maximum absolute atomic E-state index is 12.7. The highest BCUT2D eigenvalue weighted by Crippen LogP contribution is 2.35. The van der Waals surface area contributed by atoms with Crippen molar-refractivity contribution in [3.63, 3.8) is 0 Å². The molecule has 0 saturated heterocycles. The number of fused-ring (bicyclic) bond motifs is 1. The lowest BCUT2D eigenvalue weighted by molar-refractivity contribution is 0.453. The van der Waals surface area contributed by atoms with Crippen LogP contribution in [0.15, 0.2) is 27.3 Å². The molecule has 1 aromatic carbocycles. The van der Waals surface area contributed by atoms with Crippen molar-refractivity contribution in [2.24, 2.45) is 0 Å². The van der Waals surface area contributed by atoms with Gasteiger partial charge in [-0.3, -0.25) is 0 Å². The van der Waals surface area contributed by atoms with Crippen LogP contribution in [0.5, 0.6) is 5.75 Å². The SMILES string of the molecule is Oc1c(Br)oc2ccc(F)cc12. The second-order valence-electron chi connectivity index (χ2n) is 2.36. The molecule has 0 amide bonds. The number of halogens is 2. The summed E-state index contributed by atoms with van der Waals surface area (Å²) >= 11 is 2.99. The van der Waals surface area contributed by atoms with Crippen molar-refractivity contribution in [1.29, 1.82) is 0 Å². The summed E-state index contributed by atoms with van der Waals surface area (Å²) < 4.78 is 17.9. The van der Waals surface area contributed by atoms with Crippen LogP contribution in [-0.2, 0) is 0 Å². The van der Waals surface area contributed by atoms with Crippen LogP contribution in [0.2, 0.25) is 0 Å². The standard InChI is InChI=1S/C8H4BrFO2/c9-8-7(11)5-3-4(10)1-2-6(5)12-8/h1-3,11H. The molecule has 1 heterocycles. The van der Waals surface area contributed by atoms with E-state index in [9.17, 15) is 9.50 Å². The largest absolute Gasteiger partial charge is 0.503 e. The van der Waals surface area contributed by atoms with E-state index in [0.717, 1.165) is 0 Å². The van der Waals surface area contributed by atoms with Gasteiger partial charge in [-0.05, 0) is 34.1 Å². The van der Waals surface area contributed by atoms with Crippen LogP contribution in [-0.4, -0.2) is 5.11 Å². The Balaban J connectivity index is 2.88. The molecule has 0 aliphatic carbocycles. The van der Waals surface area contributed by atoms with Crippen molar-refractivity contribution < 1.29 is 13.9 Å². The molecule has 2 rings (SSSR count). The molecule has 1 aromatic heterocycles. The van der Waals surface area contributed by atoms with Gasteiger partial charge in [-0.2, -0.15) is 0 Å². The van der Waals surface area contributed by atoms with Gasteiger partial charge in [0.2, 0.25) is 4.67 Å². The highest BCUT2D eigenvalue weighted by Gasteiger charge is 2.10. The Hall–Kier alpha value is -1.03. The molecule has 0 unspecified atom stereocenters. The predicted octanol–water partition coefficient (Wildman–Crippen LogP) is 3.04. The van der Waals surface area contributed by atoms with Gasteiger partial charge in [-0.25, -0.2) is 4.39 Å². The predicted molar refractivity (Wildman–Crippen MR) is 45.5 cm³/mol. The van der Waals surface area contributed by atoms with E-state index >= 15 is 0 Å². The van der Waals surface area contributed by atoms with Crippen LogP contribution in [0.4, 0.5) is 4.39 Å². The fourth-order valence-electron chi connectivity index (χ4n) is 1.03. The zero-order valence-corrected chi connectivity index (χ0v) is 7.43.